The summed E-state index contributed by atoms with van der Waals surface area (Å²) in [5.74, 6) is -3.95. The van der Waals surface area contributed by atoms with Crippen molar-refractivity contribution in [3.63, 3.8) is 0 Å². The quantitative estimate of drug-likeness (QED) is 0.192. The molecule has 1 N–H and O–H groups in total. The predicted molar refractivity (Wildman–Crippen MR) is 141 cm³/mol. The molecule has 0 amide bonds. The van der Waals surface area contributed by atoms with E-state index in [9.17, 15) is 29.1 Å². The first-order valence-corrected chi connectivity index (χ1v) is 12.7. The molecule has 1 heterocycles. The molecule has 0 bridgehead atoms. The third-order valence-corrected chi connectivity index (χ3v) is 6.32. The van der Waals surface area contributed by atoms with Gasteiger partial charge >= 0.3 is 29.8 Å². The van der Waals surface area contributed by atoms with E-state index in [1.807, 2.05) is 13.0 Å². The average Bonchev–Trinajstić information content (AvgIpc) is 3.14. The molecule has 0 aromatic rings. The van der Waals surface area contributed by atoms with Crippen molar-refractivity contribution in [2.45, 2.75) is 65.8 Å². The van der Waals surface area contributed by atoms with Crippen LogP contribution in [0.1, 0.15) is 47.5 Å². The third kappa shape index (κ3) is 9.33. The highest BCUT2D eigenvalue weighted by molar-refractivity contribution is 5.93. The zero-order valence-corrected chi connectivity index (χ0v) is 23.4. The number of carbonyl (C=O) groups excluding carboxylic acids is 5. The second-order valence-corrected chi connectivity index (χ2v) is 9.54. The van der Waals surface area contributed by atoms with Crippen LogP contribution in [0.25, 0.3) is 0 Å². The van der Waals surface area contributed by atoms with Crippen LogP contribution in [-0.4, -0.2) is 73.1 Å². The number of esters is 5. The number of hydrogen-bond donors (Lipinski definition) is 1. The molecular weight excluding hydrogens is 524 g/mol. The van der Waals surface area contributed by atoms with Gasteiger partial charge in [-0.1, -0.05) is 18.2 Å². The van der Waals surface area contributed by atoms with Gasteiger partial charge in [-0.15, -0.1) is 0 Å². The molecule has 0 aromatic carbocycles. The Morgan fingerprint density at radius 1 is 1.05 bits per heavy atom. The van der Waals surface area contributed by atoms with Crippen LogP contribution < -0.4 is 0 Å². The largest absolute Gasteiger partial charge is 0.462 e. The lowest BCUT2D eigenvalue weighted by atomic mass is 9.85. The van der Waals surface area contributed by atoms with E-state index in [1.165, 1.54) is 26.8 Å². The fraction of sp³-hybridized carbons (Fsp3) is 0.483. The second kappa shape index (κ2) is 15.0. The van der Waals surface area contributed by atoms with Gasteiger partial charge in [-0.2, -0.15) is 0 Å². The van der Waals surface area contributed by atoms with E-state index in [0.717, 1.165) is 11.6 Å². The van der Waals surface area contributed by atoms with Gasteiger partial charge in [-0.25, -0.2) is 14.4 Å². The third-order valence-electron chi connectivity index (χ3n) is 6.32. The van der Waals surface area contributed by atoms with Crippen LogP contribution in [0.4, 0.5) is 0 Å². The summed E-state index contributed by atoms with van der Waals surface area (Å²) >= 11 is 0. The maximum Gasteiger partial charge on any atom is 0.337 e. The summed E-state index contributed by atoms with van der Waals surface area (Å²) in [5, 5.41) is 9.45. The molecule has 0 aromatic heterocycles. The first-order chi connectivity index (χ1) is 18.8. The van der Waals surface area contributed by atoms with Crippen molar-refractivity contribution in [1.29, 1.82) is 0 Å². The molecule has 1 saturated heterocycles. The predicted octanol–water partition coefficient (Wildman–Crippen LogP) is 2.59. The molecule has 0 radical (unpaired) electrons. The van der Waals surface area contributed by atoms with Gasteiger partial charge in [-0.05, 0) is 44.6 Å². The number of fused-ring (bicyclic) bond motifs is 1. The molecule has 4 atom stereocenters. The van der Waals surface area contributed by atoms with Crippen LogP contribution in [0.2, 0.25) is 0 Å². The van der Waals surface area contributed by atoms with Crippen LogP contribution in [-0.2, 0) is 47.7 Å². The number of rotatable bonds is 9. The maximum absolute atomic E-state index is 13.2. The van der Waals surface area contributed by atoms with E-state index in [2.05, 4.69) is 6.58 Å². The summed E-state index contributed by atoms with van der Waals surface area (Å²) in [6.07, 6.45) is 4.37. The Balaban J connectivity index is 2.26. The molecular formula is C29H36O11. The van der Waals surface area contributed by atoms with Gasteiger partial charge in [0.15, 0.2) is 0 Å². The molecule has 1 aliphatic heterocycles. The normalized spacial score (nSPS) is 26.2. The van der Waals surface area contributed by atoms with Crippen LogP contribution in [0.5, 0.6) is 0 Å². The summed E-state index contributed by atoms with van der Waals surface area (Å²) in [6.45, 7) is 10.3. The lowest BCUT2D eigenvalue weighted by molar-refractivity contribution is -0.149. The van der Waals surface area contributed by atoms with Gasteiger partial charge in [0.25, 0.3) is 0 Å². The van der Waals surface area contributed by atoms with E-state index in [4.69, 9.17) is 23.7 Å². The van der Waals surface area contributed by atoms with Crippen molar-refractivity contribution in [3.05, 3.63) is 58.7 Å². The van der Waals surface area contributed by atoms with Crippen LogP contribution in [0, 0.1) is 5.92 Å². The van der Waals surface area contributed by atoms with Crippen molar-refractivity contribution in [2.24, 2.45) is 5.92 Å². The maximum atomic E-state index is 13.2. The van der Waals surface area contributed by atoms with E-state index in [0.29, 0.717) is 12.0 Å². The molecule has 0 unspecified atom stereocenters. The number of hydrogen-bond acceptors (Lipinski definition) is 11. The van der Waals surface area contributed by atoms with Crippen molar-refractivity contribution >= 4 is 29.8 Å². The van der Waals surface area contributed by atoms with Crippen molar-refractivity contribution < 1.29 is 52.8 Å². The van der Waals surface area contributed by atoms with Gasteiger partial charge < -0.3 is 28.8 Å². The van der Waals surface area contributed by atoms with E-state index in [-0.39, 0.29) is 29.7 Å². The zero-order valence-electron chi connectivity index (χ0n) is 23.4. The fourth-order valence-corrected chi connectivity index (χ4v) is 4.17. The van der Waals surface area contributed by atoms with Gasteiger partial charge in [0, 0.05) is 37.8 Å². The van der Waals surface area contributed by atoms with Gasteiger partial charge in [0.1, 0.15) is 31.5 Å². The van der Waals surface area contributed by atoms with Crippen LogP contribution in [0.3, 0.4) is 0 Å². The molecule has 11 nitrogen and oxygen atoms in total. The van der Waals surface area contributed by atoms with Gasteiger partial charge in [0.2, 0.25) is 0 Å². The van der Waals surface area contributed by atoms with E-state index in [1.54, 1.807) is 13.0 Å². The number of ether oxygens (including phenoxy) is 5. The van der Waals surface area contributed by atoms with E-state index < -0.39 is 67.3 Å². The van der Waals surface area contributed by atoms with E-state index >= 15 is 0 Å². The first kappa shape index (κ1) is 32.2. The molecule has 0 spiro atoms. The van der Waals surface area contributed by atoms with Gasteiger partial charge in [-0.3, -0.25) is 9.59 Å². The average molecular weight is 561 g/mol. The summed E-state index contributed by atoms with van der Waals surface area (Å²) < 4.78 is 26.7. The molecule has 11 heteroatoms. The fourth-order valence-electron chi connectivity index (χ4n) is 4.17. The number of carbonyl (C=O) groups is 5. The Labute approximate surface area is 233 Å². The first-order valence-electron chi connectivity index (χ1n) is 12.7. The highest BCUT2D eigenvalue weighted by atomic mass is 16.6. The minimum atomic E-state index is -0.884. The van der Waals surface area contributed by atoms with Crippen molar-refractivity contribution in [1.82, 2.24) is 0 Å². The minimum absolute atomic E-state index is 0.114. The Bertz CT molecular complexity index is 1150. The zero-order chi connectivity index (χ0) is 30.0. The molecule has 2 rings (SSSR count). The molecule has 2 aliphatic rings. The topological polar surface area (TPSA) is 152 Å². The molecule has 1 aliphatic carbocycles. The summed E-state index contributed by atoms with van der Waals surface area (Å²) in [4.78, 5) is 60.5. The SMILES string of the molecule is C=C1C(=O)O[C@H]2/C=C(/C)[C@H](OC(C)=O)C/C=C(\C)C[C@@H](OC(=O)/C(=C/CO)COC(=O)/C(C)=C/COC(C)=O)[C@@H]12. The Hall–Kier alpha value is -3.99. The molecule has 1 fully saturated rings. The number of aliphatic hydroxyl groups excluding tert-OH is 1. The monoisotopic (exact) mass is 560 g/mol. The Morgan fingerprint density at radius 2 is 1.75 bits per heavy atom. The molecule has 0 saturated carbocycles. The van der Waals surface area contributed by atoms with Crippen LogP contribution >= 0.6 is 0 Å². The number of aliphatic hydroxyl groups is 1. The lowest BCUT2D eigenvalue weighted by Crippen LogP contribution is -2.35. The summed E-state index contributed by atoms with van der Waals surface area (Å²) in [5.41, 5.74) is 1.63. The lowest BCUT2D eigenvalue weighted by Gasteiger charge is -2.28. The summed E-state index contributed by atoms with van der Waals surface area (Å²) in [7, 11) is 0. The highest BCUT2D eigenvalue weighted by Crippen LogP contribution is 2.37. The van der Waals surface area contributed by atoms with Crippen molar-refractivity contribution in [3.8, 4) is 0 Å². The Morgan fingerprint density at radius 3 is 2.38 bits per heavy atom. The molecule has 218 valence electrons. The Kier molecular flexibility index (Phi) is 12.1. The van der Waals surface area contributed by atoms with Gasteiger partial charge in [0.05, 0.1) is 18.1 Å². The standard InChI is InChI=1S/C29H36O11/c1-16-7-8-23(38-21(6)32)18(3)14-25-26(19(4)28(34)39-25)24(13-16)40-29(35)22(9-11-30)15-37-27(33)17(2)10-12-36-20(5)31/h7,9-10,14,23-26,30H,4,8,11-13,15H2,1-3,5-6H3/b16-7+,17-10+,18-14-,22-9+/t23-,24-,25+,26-/m1/s1. The van der Waals surface area contributed by atoms with Crippen molar-refractivity contribution in [2.75, 3.05) is 19.8 Å². The smallest absolute Gasteiger partial charge is 0.337 e. The van der Waals surface area contributed by atoms with Crippen LogP contribution in [0.15, 0.2) is 58.7 Å². The molecule has 40 heavy (non-hydrogen) atoms. The highest BCUT2D eigenvalue weighted by Gasteiger charge is 2.45. The summed E-state index contributed by atoms with van der Waals surface area (Å²) in [6, 6.07) is 0. The minimum Gasteiger partial charge on any atom is -0.462 e. The second-order valence-electron chi connectivity index (χ2n) is 9.54.